The van der Waals surface area contributed by atoms with Crippen molar-refractivity contribution in [1.29, 1.82) is 0 Å². The molecule has 1 aromatic carbocycles. The molecule has 0 saturated heterocycles. The summed E-state index contributed by atoms with van der Waals surface area (Å²) in [7, 11) is 1.66. The van der Waals surface area contributed by atoms with Gasteiger partial charge in [0.05, 0.1) is 13.7 Å². The third-order valence-corrected chi connectivity index (χ3v) is 2.03. The van der Waals surface area contributed by atoms with Gasteiger partial charge < -0.3 is 9.47 Å². The Hall–Kier alpha value is -1.18. The summed E-state index contributed by atoms with van der Waals surface area (Å²) in [5, 5.41) is 0. The minimum absolute atomic E-state index is 0.698. The highest BCUT2D eigenvalue weighted by Gasteiger charge is 2.05. The van der Waals surface area contributed by atoms with E-state index in [2.05, 4.69) is 6.92 Å². The van der Waals surface area contributed by atoms with E-state index in [-0.39, 0.29) is 0 Å². The molecular weight excluding hydrogens is 176 g/mol. The molecule has 2 heteroatoms. The van der Waals surface area contributed by atoms with Gasteiger partial charge in [-0.3, -0.25) is 0 Å². The molecule has 0 aliphatic heterocycles. The average molecular weight is 193 g/mol. The Kier molecular flexibility index (Phi) is 4.30. The van der Waals surface area contributed by atoms with Gasteiger partial charge in [0.15, 0.2) is 11.5 Å². The maximum atomic E-state index is 5.58. The molecule has 0 heterocycles. The third kappa shape index (κ3) is 2.66. The number of hydrogen-bond donors (Lipinski definition) is 0. The van der Waals surface area contributed by atoms with E-state index >= 15 is 0 Å². The zero-order chi connectivity index (χ0) is 10.4. The normalized spacial score (nSPS) is 9.93. The van der Waals surface area contributed by atoms with Crippen molar-refractivity contribution >= 4 is 0 Å². The molecule has 0 spiro atoms. The van der Waals surface area contributed by atoms with Crippen molar-refractivity contribution in [1.82, 2.24) is 0 Å². The largest absolute Gasteiger partial charge is 0.493 e. The first kappa shape index (κ1) is 10.9. The van der Waals surface area contributed by atoms with Crippen molar-refractivity contribution in [3.63, 3.8) is 0 Å². The first-order valence-electron chi connectivity index (χ1n) is 4.85. The first-order chi connectivity index (χ1) is 6.79. The monoisotopic (exact) mass is 193 g/mol. The van der Waals surface area contributed by atoms with Crippen LogP contribution in [-0.4, -0.2) is 13.7 Å². The molecule has 0 fully saturated rings. The lowest BCUT2D eigenvalue weighted by molar-refractivity contribution is 0.289. The van der Waals surface area contributed by atoms with Crippen LogP contribution in [0.5, 0.6) is 11.5 Å². The third-order valence-electron chi connectivity index (χ3n) is 2.03. The van der Waals surface area contributed by atoms with Crippen LogP contribution in [0.25, 0.3) is 0 Å². The fourth-order valence-electron chi connectivity index (χ4n) is 1.28. The van der Waals surface area contributed by atoms with Gasteiger partial charge in [-0.2, -0.15) is 0 Å². The summed E-state index contributed by atoms with van der Waals surface area (Å²) in [6, 6.07) is 5.90. The van der Waals surface area contributed by atoms with Gasteiger partial charge in [-0.05, 0) is 25.0 Å². The lowest BCUT2D eigenvalue weighted by atomic mass is 10.2. The standard InChI is InChI=1S/C12H17O2/c1-4-5-9-14-11-8-6-7-10(2)12(11)13-3/h6-8H,1,4-5,9H2,2-3H3. The van der Waals surface area contributed by atoms with E-state index in [0.29, 0.717) is 6.61 Å². The molecule has 0 aliphatic carbocycles. The van der Waals surface area contributed by atoms with Crippen LogP contribution in [0, 0.1) is 13.8 Å². The SMILES string of the molecule is [CH2]CCCOc1cccc(C)c1OC. The van der Waals surface area contributed by atoms with Crippen LogP contribution in [0.3, 0.4) is 0 Å². The Morgan fingerprint density at radius 2 is 2.14 bits per heavy atom. The number of para-hydroxylation sites is 1. The minimum atomic E-state index is 0.698. The molecule has 77 valence electrons. The highest BCUT2D eigenvalue weighted by atomic mass is 16.5. The van der Waals surface area contributed by atoms with Gasteiger partial charge in [-0.1, -0.05) is 25.5 Å². The Morgan fingerprint density at radius 1 is 1.36 bits per heavy atom. The number of hydrogen-bond acceptors (Lipinski definition) is 2. The van der Waals surface area contributed by atoms with E-state index in [0.717, 1.165) is 29.9 Å². The van der Waals surface area contributed by atoms with Crippen molar-refractivity contribution < 1.29 is 9.47 Å². The highest BCUT2D eigenvalue weighted by Crippen LogP contribution is 2.30. The first-order valence-corrected chi connectivity index (χ1v) is 4.85. The van der Waals surface area contributed by atoms with E-state index in [1.54, 1.807) is 7.11 Å². The topological polar surface area (TPSA) is 18.5 Å². The number of aryl methyl sites for hydroxylation is 1. The molecule has 0 amide bonds. The van der Waals surface area contributed by atoms with Gasteiger partial charge in [0.1, 0.15) is 0 Å². The fraction of sp³-hybridized carbons (Fsp3) is 0.417. The number of rotatable bonds is 5. The van der Waals surface area contributed by atoms with Crippen LogP contribution in [0.2, 0.25) is 0 Å². The molecule has 1 rings (SSSR count). The van der Waals surface area contributed by atoms with Crippen molar-refractivity contribution in [2.75, 3.05) is 13.7 Å². The molecule has 2 nitrogen and oxygen atoms in total. The number of unbranched alkanes of at least 4 members (excludes halogenated alkanes) is 1. The summed E-state index contributed by atoms with van der Waals surface area (Å²) < 4.78 is 10.9. The molecule has 0 saturated carbocycles. The minimum Gasteiger partial charge on any atom is -0.493 e. The summed E-state index contributed by atoms with van der Waals surface area (Å²) >= 11 is 0. The lowest BCUT2D eigenvalue weighted by Crippen LogP contribution is -1.99. The van der Waals surface area contributed by atoms with Crippen molar-refractivity contribution in [2.24, 2.45) is 0 Å². The van der Waals surface area contributed by atoms with Crippen LogP contribution in [0.15, 0.2) is 18.2 Å². The second-order valence-corrected chi connectivity index (χ2v) is 3.16. The van der Waals surface area contributed by atoms with Gasteiger partial charge in [-0.25, -0.2) is 0 Å². The van der Waals surface area contributed by atoms with Gasteiger partial charge in [0.25, 0.3) is 0 Å². The number of methoxy groups -OCH3 is 1. The zero-order valence-electron chi connectivity index (χ0n) is 8.88. The van der Waals surface area contributed by atoms with Crippen LogP contribution in [0.4, 0.5) is 0 Å². The molecule has 1 aromatic rings. The Balaban J connectivity index is 2.70. The molecule has 0 unspecified atom stereocenters. The Morgan fingerprint density at radius 3 is 2.79 bits per heavy atom. The smallest absolute Gasteiger partial charge is 0.163 e. The zero-order valence-corrected chi connectivity index (χ0v) is 8.88. The Labute approximate surface area is 85.8 Å². The summed E-state index contributed by atoms with van der Waals surface area (Å²) in [5.41, 5.74) is 1.10. The van der Waals surface area contributed by atoms with Gasteiger partial charge >= 0.3 is 0 Å². The predicted molar refractivity (Wildman–Crippen MR) is 57.8 cm³/mol. The molecule has 0 atom stereocenters. The molecule has 0 bridgehead atoms. The molecule has 14 heavy (non-hydrogen) atoms. The maximum Gasteiger partial charge on any atom is 0.163 e. The molecule has 1 radical (unpaired) electrons. The summed E-state index contributed by atoms with van der Waals surface area (Å²) in [5.74, 6) is 1.65. The molecule has 0 aliphatic rings. The van der Waals surface area contributed by atoms with E-state index in [4.69, 9.17) is 9.47 Å². The van der Waals surface area contributed by atoms with Crippen molar-refractivity contribution in [3.8, 4) is 11.5 Å². The van der Waals surface area contributed by atoms with E-state index in [1.165, 1.54) is 0 Å². The number of benzene rings is 1. The fourth-order valence-corrected chi connectivity index (χ4v) is 1.28. The van der Waals surface area contributed by atoms with Crippen LogP contribution >= 0.6 is 0 Å². The number of ether oxygens (including phenoxy) is 2. The van der Waals surface area contributed by atoms with E-state index in [9.17, 15) is 0 Å². The maximum absolute atomic E-state index is 5.58. The molecule has 0 N–H and O–H groups in total. The lowest BCUT2D eigenvalue weighted by Gasteiger charge is -2.11. The van der Waals surface area contributed by atoms with Crippen LogP contribution in [0.1, 0.15) is 18.4 Å². The molecular formula is C12H17O2. The highest BCUT2D eigenvalue weighted by molar-refractivity contribution is 5.45. The van der Waals surface area contributed by atoms with Crippen molar-refractivity contribution in [3.05, 3.63) is 30.7 Å². The quantitative estimate of drug-likeness (QED) is 0.669. The molecule has 0 aromatic heterocycles. The van der Waals surface area contributed by atoms with Crippen molar-refractivity contribution in [2.45, 2.75) is 19.8 Å². The second-order valence-electron chi connectivity index (χ2n) is 3.16. The Bertz CT molecular complexity index is 282. The summed E-state index contributed by atoms with van der Waals surface area (Å²) in [4.78, 5) is 0. The van der Waals surface area contributed by atoms with Gasteiger partial charge in [-0.15, -0.1) is 0 Å². The van der Waals surface area contributed by atoms with Gasteiger partial charge in [0, 0.05) is 0 Å². The van der Waals surface area contributed by atoms with Gasteiger partial charge in [0.2, 0.25) is 0 Å². The summed E-state index contributed by atoms with van der Waals surface area (Å²) in [6.45, 7) is 6.47. The average Bonchev–Trinajstić information content (AvgIpc) is 2.18. The summed E-state index contributed by atoms with van der Waals surface area (Å²) in [6.07, 6.45) is 1.87. The van der Waals surface area contributed by atoms with E-state index in [1.807, 2.05) is 25.1 Å². The second kappa shape index (κ2) is 5.53. The van der Waals surface area contributed by atoms with Crippen LogP contribution < -0.4 is 9.47 Å². The predicted octanol–water partition coefficient (Wildman–Crippen LogP) is 3.00. The van der Waals surface area contributed by atoms with Crippen LogP contribution in [-0.2, 0) is 0 Å². The van der Waals surface area contributed by atoms with E-state index < -0.39 is 0 Å².